The lowest BCUT2D eigenvalue weighted by Crippen LogP contribution is -2.13. The van der Waals surface area contributed by atoms with Gasteiger partial charge in [0.15, 0.2) is 11.5 Å². The maximum Gasteiger partial charge on any atom is 0.271 e. The van der Waals surface area contributed by atoms with Gasteiger partial charge in [0, 0.05) is 11.8 Å². The van der Waals surface area contributed by atoms with Gasteiger partial charge < -0.3 is 10.2 Å². The molecule has 0 saturated carbocycles. The highest BCUT2D eigenvalue weighted by Gasteiger charge is 2.02. The van der Waals surface area contributed by atoms with Gasteiger partial charge in [-0.3, -0.25) is 9.89 Å². The molecule has 0 unspecified atom stereocenters. The van der Waals surface area contributed by atoms with E-state index in [0.717, 1.165) is 22.5 Å². The van der Waals surface area contributed by atoms with E-state index in [-0.39, 0.29) is 17.1 Å². The molecule has 3 rings (SSSR count). The summed E-state index contributed by atoms with van der Waals surface area (Å²) in [6.07, 6.45) is 3.72. The lowest BCUT2D eigenvalue weighted by Gasteiger charge is -2.02. The summed E-state index contributed by atoms with van der Waals surface area (Å²) in [5.41, 5.74) is 3.22. The van der Waals surface area contributed by atoms with Crippen molar-refractivity contribution < 1.29 is 10.2 Å². The maximum atomic E-state index is 11.8. The summed E-state index contributed by atoms with van der Waals surface area (Å²) in [6, 6.07) is 13.7. The molecule has 0 aliphatic rings. The Morgan fingerprint density at radius 1 is 0.913 bits per heavy atom. The molecule has 2 aromatic carbocycles. The fraction of sp³-hybridized carbons (Fsp3) is 0.0556. The number of aryl methyl sites for hydroxylation is 1. The van der Waals surface area contributed by atoms with Gasteiger partial charge >= 0.3 is 0 Å². The summed E-state index contributed by atoms with van der Waals surface area (Å²) in [5.74, 6) is -0.290. The standard InChI is InChI=1S/C18H16N2O3/c1-12-10-18(23)20(19-12)15-7-4-13(5-8-15)2-3-14-6-9-16(21)17(22)11-14/h2-11,19,21-22H,1H3. The van der Waals surface area contributed by atoms with Crippen LogP contribution in [0.3, 0.4) is 0 Å². The molecule has 0 saturated heterocycles. The van der Waals surface area contributed by atoms with Gasteiger partial charge in [-0.25, -0.2) is 4.68 Å². The lowest BCUT2D eigenvalue weighted by molar-refractivity contribution is 0.403. The SMILES string of the molecule is Cc1cc(=O)n(-c2ccc(C=Cc3ccc(O)c(O)c3)cc2)[nH]1. The number of benzene rings is 2. The van der Waals surface area contributed by atoms with Crippen molar-refractivity contribution in [2.75, 3.05) is 0 Å². The molecule has 0 aliphatic heterocycles. The van der Waals surface area contributed by atoms with Crippen molar-refractivity contribution in [2.24, 2.45) is 0 Å². The number of aromatic amines is 1. The van der Waals surface area contributed by atoms with Crippen LogP contribution in [0.15, 0.2) is 53.3 Å². The van der Waals surface area contributed by atoms with E-state index < -0.39 is 0 Å². The number of nitrogens with zero attached hydrogens (tertiary/aromatic N) is 1. The van der Waals surface area contributed by atoms with Crippen molar-refractivity contribution in [3.05, 3.63) is 75.7 Å². The molecule has 5 nitrogen and oxygen atoms in total. The smallest absolute Gasteiger partial charge is 0.271 e. The second kappa shape index (κ2) is 5.88. The van der Waals surface area contributed by atoms with Crippen LogP contribution in [0.1, 0.15) is 16.8 Å². The Kier molecular flexibility index (Phi) is 3.76. The zero-order valence-electron chi connectivity index (χ0n) is 12.5. The molecule has 3 aromatic rings. The average molecular weight is 308 g/mol. The van der Waals surface area contributed by atoms with Crippen molar-refractivity contribution in [1.29, 1.82) is 0 Å². The Bertz CT molecular complexity index is 918. The summed E-state index contributed by atoms with van der Waals surface area (Å²) < 4.78 is 1.49. The van der Waals surface area contributed by atoms with Crippen LogP contribution < -0.4 is 5.56 Å². The molecular weight excluding hydrogens is 292 g/mol. The number of hydrogen-bond donors (Lipinski definition) is 3. The number of aromatic nitrogens is 2. The lowest BCUT2D eigenvalue weighted by atomic mass is 10.1. The van der Waals surface area contributed by atoms with Crippen molar-refractivity contribution in [2.45, 2.75) is 6.92 Å². The minimum atomic E-state index is -0.149. The number of aromatic hydroxyl groups is 2. The predicted octanol–water partition coefficient (Wildman–Crippen LogP) is 3.06. The number of hydrogen-bond acceptors (Lipinski definition) is 3. The Morgan fingerprint density at radius 2 is 1.57 bits per heavy atom. The van der Waals surface area contributed by atoms with Gasteiger partial charge in [-0.1, -0.05) is 30.4 Å². The van der Waals surface area contributed by atoms with Crippen molar-refractivity contribution >= 4 is 12.2 Å². The van der Waals surface area contributed by atoms with Gasteiger partial charge in [0.05, 0.1) is 5.69 Å². The van der Waals surface area contributed by atoms with E-state index in [1.54, 1.807) is 12.1 Å². The Balaban J connectivity index is 1.82. The van der Waals surface area contributed by atoms with E-state index in [1.165, 1.54) is 16.8 Å². The molecule has 23 heavy (non-hydrogen) atoms. The zero-order valence-corrected chi connectivity index (χ0v) is 12.5. The fourth-order valence-electron chi connectivity index (χ4n) is 2.28. The van der Waals surface area contributed by atoms with E-state index in [4.69, 9.17) is 0 Å². The number of phenolic OH excluding ortho intramolecular Hbond substituents is 2. The van der Waals surface area contributed by atoms with Crippen molar-refractivity contribution in [3.8, 4) is 17.2 Å². The van der Waals surface area contributed by atoms with Crippen LogP contribution in [-0.4, -0.2) is 20.0 Å². The van der Waals surface area contributed by atoms with Crippen molar-refractivity contribution in [3.63, 3.8) is 0 Å². The van der Waals surface area contributed by atoms with Crippen LogP contribution in [0.25, 0.3) is 17.8 Å². The van der Waals surface area contributed by atoms with Gasteiger partial charge in [-0.2, -0.15) is 0 Å². The molecule has 1 heterocycles. The van der Waals surface area contributed by atoms with Crippen LogP contribution in [-0.2, 0) is 0 Å². The molecule has 0 spiro atoms. The Hall–Kier alpha value is -3.21. The van der Waals surface area contributed by atoms with Crippen LogP contribution in [0.2, 0.25) is 0 Å². The minimum absolute atomic E-state index is 0.0923. The highest BCUT2D eigenvalue weighted by atomic mass is 16.3. The molecule has 0 radical (unpaired) electrons. The van der Waals surface area contributed by atoms with Gasteiger partial charge in [-0.15, -0.1) is 0 Å². The molecule has 1 aromatic heterocycles. The summed E-state index contributed by atoms with van der Waals surface area (Å²) in [7, 11) is 0. The molecule has 0 fully saturated rings. The highest BCUT2D eigenvalue weighted by Crippen LogP contribution is 2.25. The minimum Gasteiger partial charge on any atom is -0.504 e. The first-order valence-electron chi connectivity index (χ1n) is 7.12. The Labute approximate surface area is 132 Å². The first-order valence-corrected chi connectivity index (χ1v) is 7.12. The summed E-state index contributed by atoms with van der Waals surface area (Å²) in [4.78, 5) is 11.8. The van der Waals surface area contributed by atoms with Gasteiger partial charge in [0.1, 0.15) is 0 Å². The summed E-state index contributed by atoms with van der Waals surface area (Å²) >= 11 is 0. The topological polar surface area (TPSA) is 78.2 Å². The van der Waals surface area contributed by atoms with E-state index in [1.807, 2.05) is 43.3 Å². The molecule has 0 bridgehead atoms. The predicted molar refractivity (Wildman–Crippen MR) is 89.8 cm³/mol. The molecule has 5 heteroatoms. The first kappa shape index (κ1) is 14.7. The van der Waals surface area contributed by atoms with Crippen LogP contribution >= 0.6 is 0 Å². The number of phenols is 2. The summed E-state index contributed by atoms with van der Waals surface area (Å²) in [6.45, 7) is 1.84. The number of H-pyrrole nitrogens is 1. The molecule has 0 aliphatic carbocycles. The molecule has 0 amide bonds. The Morgan fingerprint density at radius 3 is 2.17 bits per heavy atom. The zero-order chi connectivity index (χ0) is 16.4. The monoisotopic (exact) mass is 308 g/mol. The van der Waals surface area contributed by atoms with E-state index >= 15 is 0 Å². The molecule has 0 atom stereocenters. The van der Waals surface area contributed by atoms with E-state index in [2.05, 4.69) is 5.10 Å². The van der Waals surface area contributed by atoms with Crippen LogP contribution in [0.5, 0.6) is 11.5 Å². The summed E-state index contributed by atoms with van der Waals surface area (Å²) in [5, 5.41) is 21.7. The third kappa shape index (κ3) is 3.18. The third-order valence-corrected chi connectivity index (χ3v) is 3.47. The van der Waals surface area contributed by atoms with Gasteiger partial charge in [-0.05, 0) is 42.3 Å². The van der Waals surface area contributed by atoms with Crippen LogP contribution in [0.4, 0.5) is 0 Å². The maximum absolute atomic E-state index is 11.8. The van der Waals surface area contributed by atoms with Crippen molar-refractivity contribution in [1.82, 2.24) is 9.78 Å². The fourth-order valence-corrected chi connectivity index (χ4v) is 2.28. The quantitative estimate of drug-likeness (QED) is 0.514. The molecule has 116 valence electrons. The highest BCUT2D eigenvalue weighted by molar-refractivity contribution is 5.71. The number of rotatable bonds is 3. The third-order valence-electron chi connectivity index (χ3n) is 3.47. The second-order valence-corrected chi connectivity index (χ2v) is 5.29. The molecular formula is C18H16N2O3. The van der Waals surface area contributed by atoms with Gasteiger partial charge in [0.2, 0.25) is 0 Å². The average Bonchev–Trinajstić information content (AvgIpc) is 2.87. The second-order valence-electron chi connectivity index (χ2n) is 5.29. The van der Waals surface area contributed by atoms with Gasteiger partial charge in [0.25, 0.3) is 5.56 Å². The van der Waals surface area contributed by atoms with E-state index in [9.17, 15) is 15.0 Å². The number of nitrogens with one attached hydrogen (secondary N) is 1. The normalized spacial score (nSPS) is 11.2. The largest absolute Gasteiger partial charge is 0.504 e. The first-order chi connectivity index (χ1) is 11.0. The molecule has 3 N–H and O–H groups in total. The van der Waals surface area contributed by atoms with Crippen LogP contribution in [0, 0.1) is 6.92 Å². The van der Waals surface area contributed by atoms with E-state index in [0.29, 0.717) is 0 Å².